The molecular formula is C17H36O7. The third kappa shape index (κ3) is 28.9. The van der Waals surface area contributed by atoms with Crippen molar-refractivity contribution < 1.29 is 34.0 Å². The molecule has 0 spiro atoms. The summed E-state index contributed by atoms with van der Waals surface area (Å²) in [5.41, 5.74) is 0. The Labute approximate surface area is 146 Å². The standard InChI is InChI=1S/C7H14O2.C5H10O3.C5H12O2/c1-3-4-5-6-9-7(2)8;1-4(3-8-2)5(6)7;1-5(7-2)3-4-6/h3-6H2,1-2H3;4H,3H2,1-2H3,(H,6,7);5-6H,3-4H2,1-2H3. The maximum atomic E-state index is 10.2. The molecule has 0 aromatic heterocycles. The zero-order valence-electron chi connectivity index (χ0n) is 16.0. The Hall–Kier alpha value is -1.18. The lowest BCUT2D eigenvalue weighted by Crippen LogP contribution is -2.14. The number of ether oxygens (including phenoxy) is 3. The lowest BCUT2D eigenvalue weighted by atomic mass is 10.2. The van der Waals surface area contributed by atoms with Crippen molar-refractivity contribution in [1.82, 2.24) is 0 Å². The van der Waals surface area contributed by atoms with Crippen LogP contribution in [0.3, 0.4) is 0 Å². The highest BCUT2D eigenvalue weighted by molar-refractivity contribution is 5.69. The van der Waals surface area contributed by atoms with Gasteiger partial charge in [0.2, 0.25) is 0 Å². The molecule has 0 saturated carbocycles. The number of carbonyl (C=O) groups is 2. The molecule has 146 valence electrons. The predicted molar refractivity (Wildman–Crippen MR) is 93.0 cm³/mol. The monoisotopic (exact) mass is 352 g/mol. The number of aliphatic hydroxyl groups is 1. The number of aliphatic carboxylic acids is 1. The number of aliphatic hydroxyl groups excluding tert-OH is 1. The van der Waals surface area contributed by atoms with Crippen LogP contribution in [0, 0.1) is 5.92 Å². The maximum absolute atomic E-state index is 10.2. The number of hydrogen-bond donors (Lipinski definition) is 2. The van der Waals surface area contributed by atoms with Gasteiger partial charge < -0.3 is 24.4 Å². The normalized spacial score (nSPS) is 12.0. The smallest absolute Gasteiger partial charge is 0.308 e. The molecule has 2 atom stereocenters. The van der Waals surface area contributed by atoms with Crippen LogP contribution >= 0.6 is 0 Å². The van der Waals surface area contributed by atoms with E-state index in [0.717, 1.165) is 19.3 Å². The molecule has 0 bridgehead atoms. The fourth-order valence-electron chi connectivity index (χ4n) is 1.19. The minimum atomic E-state index is -0.813. The van der Waals surface area contributed by atoms with E-state index < -0.39 is 5.97 Å². The lowest BCUT2D eigenvalue weighted by Gasteiger charge is -2.04. The molecule has 2 N–H and O–H groups in total. The fourth-order valence-corrected chi connectivity index (χ4v) is 1.19. The van der Waals surface area contributed by atoms with Crippen LogP contribution in [0.5, 0.6) is 0 Å². The molecule has 7 heteroatoms. The van der Waals surface area contributed by atoms with Crippen LogP contribution in [0.15, 0.2) is 0 Å². The van der Waals surface area contributed by atoms with E-state index in [-0.39, 0.29) is 31.2 Å². The molecule has 0 aliphatic heterocycles. The molecule has 0 fully saturated rings. The van der Waals surface area contributed by atoms with E-state index in [0.29, 0.717) is 6.61 Å². The molecular weight excluding hydrogens is 316 g/mol. The number of carboxylic acids is 1. The van der Waals surface area contributed by atoms with Crippen molar-refractivity contribution in [2.45, 2.75) is 59.5 Å². The van der Waals surface area contributed by atoms with Crippen LogP contribution in [0.1, 0.15) is 53.4 Å². The predicted octanol–water partition coefficient (Wildman–Crippen LogP) is 2.50. The van der Waals surface area contributed by atoms with Gasteiger partial charge in [0, 0.05) is 27.8 Å². The Morgan fingerprint density at radius 1 is 1.12 bits per heavy atom. The van der Waals surface area contributed by atoms with Gasteiger partial charge in [0.15, 0.2) is 0 Å². The van der Waals surface area contributed by atoms with E-state index in [1.807, 2.05) is 6.92 Å². The number of unbranched alkanes of at least 4 members (excludes halogenated alkanes) is 2. The average molecular weight is 352 g/mol. The van der Waals surface area contributed by atoms with Gasteiger partial charge in [0.25, 0.3) is 0 Å². The average Bonchev–Trinajstić information content (AvgIpc) is 2.53. The molecule has 0 aromatic carbocycles. The first-order chi connectivity index (χ1) is 11.3. The lowest BCUT2D eigenvalue weighted by molar-refractivity contribution is -0.143. The Kier molecular flexibility index (Phi) is 25.1. The van der Waals surface area contributed by atoms with E-state index >= 15 is 0 Å². The molecule has 2 unspecified atom stereocenters. The highest BCUT2D eigenvalue weighted by Gasteiger charge is 2.08. The van der Waals surface area contributed by atoms with E-state index in [9.17, 15) is 9.59 Å². The highest BCUT2D eigenvalue weighted by Crippen LogP contribution is 1.94. The Bertz CT molecular complexity index is 282. The topological polar surface area (TPSA) is 102 Å². The Morgan fingerprint density at radius 3 is 1.96 bits per heavy atom. The van der Waals surface area contributed by atoms with Crippen molar-refractivity contribution in [2.24, 2.45) is 5.92 Å². The summed E-state index contributed by atoms with van der Waals surface area (Å²) in [4.78, 5) is 20.2. The van der Waals surface area contributed by atoms with E-state index in [2.05, 4.69) is 11.7 Å². The van der Waals surface area contributed by atoms with Gasteiger partial charge in [0.1, 0.15) is 0 Å². The van der Waals surface area contributed by atoms with E-state index in [1.54, 1.807) is 14.0 Å². The minimum Gasteiger partial charge on any atom is -0.481 e. The first-order valence-electron chi connectivity index (χ1n) is 8.25. The van der Waals surface area contributed by atoms with Gasteiger partial charge >= 0.3 is 11.9 Å². The fraction of sp³-hybridized carbons (Fsp3) is 0.882. The van der Waals surface area contributed by atoms with Gasteiger partial charge in [-0.2, -0.15) is 0 Å². The second-order valence-electron chi connectivity index (χ2n) is 5.30. The molecule has 0 rings (SSSR count). The first-order valence-corrected chi connectivity index (χ1v) is 8.25. The number of carboxylic acid groups (broad SMARTS) is 1. The summed E-state index contributed by atoms with van der Waals surface area (Å²) < 4.78 is 14.1. The van der Waals surface area contributed by atoms with Crippen molar-refractivity contribution >= 4 is 11.9 Å². The zero-order valence-corrected chi connectivity index (χ0v) is 16.0. The largest absolute Gasteiger partial charge is 0.481 e. The van der Waals surface area contributed by atoms with Gasteiger partial charge in [-0.1, -0.05) is 19.8 Å². The van der Waals surface area contributed by atoms with Gasteiger partial charge in [-0.05, 0) is 26.7 Å². The van der Waals surface area contributed by atoms with E-state index in [1.165, 1.54) is 20.5 Å². The summed E-state index contributed by atoms with van der Waals surface area (Å²) in [7, 11) is 3.12. The summed E-state index contributed by atoms with van der Waals surface area (Å²) in [6.45, 7) is 8.18. The van der Waals surface area contributed by atoms with Crippen molar-refractivity contribution in [1.29, 1.82) is 0 Å². The van der Waals surface area contributed by atoms with Gasteiger partial charge in [0.05, 0.1) is 25.2 Å². The second-order valence-corrected chi connectivity index (χ2v) is 5.30. The Morgan fingerprint density at radius 2 is 1.71 bits per heavy atom. The summed E-state index contributed by atoms with van der Waals surface area (Å²) in [6, 6.07) is 0. The SMILES string of the molecule is CCCCCOC(C)=O.COC(C)CCO.COCC(C)C(=O)O. The number of carbonyl (C=O) groups excluding carboxylic acids is 1. The number of hydrogen-bond acceptors (Lipinski definition) is 6. The summed E-state index contributed by atoms with van der Waals surface area (Å²) in [6.07, 6.45) is 4.24. The van der Waals surface area contributed by atoms with Crippen LogP contribution in [-0.4, -0.2) is 62.3 Å². The first kappa shape index (κ1) is 27.7. The van der Waals surface area contributed by atoms with Crippen LogP contribution in [-0.2, 0) is 23.8 Å². The van der Waals surface area contributed by atoms with Gasteiger partial charge in [-0.3, -0.25) is 9.59 Å². The van der Waals surface area contributed by atoms with Crippen LogP contribution in [0.4, 0.5) is 0 Å². The van der Waals surface area contributed by atoms with Crippen molar-refractivity contribution in [2.75, 3.05) is 34.0 Å². The second kappa shape index (κ2) is 21.8. The number of rotatable bonds is 10. The van der Waals surface area contributed by atoms with Crippen LogP contribution in [0.2, 0.25) is 0 Å². The third-order valence-corrected chi connectivity index (χ3v) is 2.83. The van der Waals surface area contributed by atoms with E-state index in [4.69, 9.17) is 19.7 Å². The number of methoxy groups -OCH3 is 2. The van der Waals surface area contributed by atoms with Crippen molar-refractivity contribution in [3.8, 4) is 0 Å². The third-order valence-electron chi connectivity index (χ3n) is 2.83. The molecule has 7 nitrogen and oxygen atoms in total. The molecule has 0 aliphatic rings. The Balaban J connectivity index is -0.000000278. The van der Waals surface area contributed by atoms with Gasteiger partial charge in [-0.25, -0.2) is 0 Å². The van der Waals surface area contributed by atoms with Gasteiger partial charge in [-0.15, -0.1) is 0 Å². The zero-order chi connectivity index (χ0) is 19.4. The van der Waals surface area contributed by atoms with Crippen molar-refractivity contribution in [3.05, 3.63) is 0 Å². The summed E-state index contributed by atoms with van der Waals surface area (Å²) in [5.74, 6) is -1.38. The molecule has 0 radical (unpaired) electrons. The maximum Gasteiger partial charge on any atom is 0.308 e. The molecule has 0 amide bonds. The molecule has 0 heterocycles. The molecule has 0 saturated heterocycles. The number of esters is 1. The van der Waals surface area contributed by atoms with Crippen LogP contribution < -0.4 is 0 Å². The highest BCUT2D eigenvalue weighted by atomic mass is 16.5. The molecule has 0 aromatic rings. The van der Waals surface area contributed by atoms with Crippen molar-refractivity contribution in [3.63, 3.8) is 0 Å². The summed E-state index contributed by atoms with van der Waals surface area (Å²) in [5, 5.41) is 16.5. The summed E-state index contributed by atoms with van der Waals surface area (Å²) >= 11 is 0. The molecule has 24 heavy (non-hydrogen) atoms. The van der Waals surface area contributed by atoms with Crippen LogP contribution in [0.25, 0.3) is 0 Å². The minimum absolute atomic E-state index is 0.175. The molecule has 0 aliphatic carbocycles. The quantitative estimate of drug-likeness (QED) is 0.460.